The summed E-state index contributed by atoms with van der Waals surface area (Å²) in [7, 11) is 1.25. The molecule has 0 bridgehead atoms. The van der Waals surface area contributed by atoms with Crippen LogP contribution in [0.15, 0.2) is 47.4 Å². The third kappa shape index (κ3) is 5.61. The van der Waals surface area contributed by atoms with Crippen molar-refractivity contribution in [3.63, 3.8) is 0 Å². The Bertz CT molecular complexity index is 1180. The van der Waals surface area contributed by atoms with Gasteiger partial charge in [-0.25, -0.2) is 0 Å². The molecule has 2 aliphatic rings. The Morgan fingerprint density at radius 2 is 1.80 bits per heavy atom. The van der Waals surface area contributed by atoms with Crippen molar-refractivity contribution in [3.05, 3.63) is 58.5 Å². The van der Waals surface area contributed by atoms with E-state index in [4.69, 9.17) is 4.74 Å². The van der Waals surface area contributed by atoms with E-state index in [0.29, 0.717) is 11.8 Å². The van der Waals surface area contributed by atoms with Gasteiger partial charge in [-0.15, -0.1) is 0 Å². The van der Waals surface area contributed by atoms with Crippen LogP contribution in [-0.4, -0.2) is 48.7 Å². The molecule has 35 heavy (non-hydrogen) atoms. The lowest BCUT2D eigenvalue weighted by molar-refractivity contribution is -0.137. The maximum Gasteiger partial charge on any atom is 0.416 e. The van der Waals surface area contributed by atoms with Crippen molar-refractivity contribution in [2.75, 3.05) is 37.0 Å². The molecule has 2 aromatic carbocycles. The number of anilines is 2. The molecule has 1 N–H and O–H groups in total. The van der Waals surface area contributed by atoms with Crippen LogP contribution in [0.1, 0.15) is 24.0 Å². The molecule has 0 unspecified atom stereocenters. The largest absolute Gasteiger partial charge is 0.495 e. The highest BCUT2D eigenvalue weighted by Gasteiger charge is 2.37. The molecule has 184 valence electrons. The monoisotopic (exact) mass is 505 g/mol. The molecule has 7 nitrogen and oxygen atoms in total. The molecule has 0 aromatic heterocycles. The molecule has 0 atom stereocenters. The Hall–Kier alpha value is -3.47. The SMILES string of the molecule is COc1ccc(C(F)(F)F)cc1NC(=O)CN1C(=O)SC(=Cc2ccc(N3CCCC3)cc2)C1=O. The Kier molecular flexibility index (Phi) is 7.06. The van der Waals surface area contributed by atoms with E-state index in [2.05, 4.69) is 10.2 Å². The molecule has 2 heterocycles. The number of hydrogen-bond acceptors (Lipinski definition) is 6. The summed E-state index contributed by atoms with van der Waals surface area (Å²) in [5.41, 5.74) is 0.637. The number of nitrogens with zero attached hydrogens (tertiary/aromatic N) is 2. The molecule has 0 aliphatic carbocycles. The van der Waals surface area contributed by atoms with Gasteiger partial charge in [-0.3, -0.25) is 19.3 Å². The standard InChI is InChI=1S/C24H22F3N3O4S/c1-34-19-9-6-16(24(25,26)27)13-18(19)28-21(31)14-30-22(32)20(35-23(30)33)12-15-4-7-17(8-5-15)29-10-2-3-11-29/h4-9,12-13H,2-3,10-11,14H2,1H3,(H,28,31). The number of benzene rings is 2. The molecule has 2 saturated heterocycles. The number of ether oxygens (including phenoxy) is 1. The van der Waals surface area contributed by atoms with Gasteiger partial charge >= 0.3 is 6.18 Å². The fourth-order valence-electron chi connectivity index (χ4n) is 3.86. The first-order valence-corrected chi connectivity index (χ1v) is 11.6. The molecule has 4 rings (SSSR count). The minimum atomic E-state index is -4.62. The fraction of sp³-hybridized carbons (Fsp3) is 0.292. The number of alkyl halides is 3. The van der Waals surface area contributed by atoms with Gasteiger partial charge in [0.05, 0.1) is 23.3 Å². The highest BCUT2D eigenvalue weighted by Crippen LogP contribution is 2.36. The number of rotatable bonds is 6. The smallest absolute Gasteiger partial charge is 0.416 e. The first-order chi connectivity index (χ1) is 16.7. The fourth-order valence-corrected chi connectivity index (χ4v) is 4.70. The van der Waals surface area contributed by atoms with Gasteiger partial charge in [0.1, 0.15) is 12.3 Å². The van der Waals surface area contributed by atoms with Crippen LogP contribution in [0.25, 0.3) is 6.08 Å². The van der Waals surface area contributed by atoms with Crippen LogP contribution in [0.4, 0.5) is 29.3 Å². The predicted molar refractivity (Wildman–Crippen MR) is 127 cm³/mol. The second-order valence-corrected chi connectivity index (χ2v) is 9.01. The van der Waals surface area contributed by atoms with Crippen molar-refractivity contribution in [1.29, 1.82) is 0 Å². The molecule has 2 aliphatic heterocycles. The zero-order chi connectivity index (χ0) is 25.2. The van der Waals surface area contributed by atoms with Gasteiger partial charge in [0.15, 0.2) is 0 Å². The molecule has 0 spiro atoms. The summed E-state index contributed by atoms with van der Waals surface area (Å²) < 4.78 is 44.1. The molecule has 0 radical (unpaired) electrons. The van der Waals surface area contributed by atoms with Crippen molar-refractivity contribution in [1.82, 2.24) is 4.90 Å². The van der Waals surface area contributed by atoms with Gasteiger partial charge in [0, 0.05) is 18.8 Å². The number of amides is 3. The molecular formula is C24H22F3N3O4S. The van der Waals surface area contributed by atoms with Gasteiger partial charge in [-0.05, 0) is 66.6 Å². The average Bonchev–Trinajstić information content (AvgIpc) is 3.44. The quantitative estimate of drug-likeness (QED) is 0.558. The van der Waals surface area contributed by atoms with Crippen LogP contribution in [0.3, 0.4) is 0 Å². The summed E-state index contributed by atoms with van der Waals surface area (Å²) in [6.45, 7) is 1.37. The lowest BCUT2D eigenvalue weighted by Crippen LogP contribution is -2.36. The first kappa shape index (κ1) is 24.6. The lowest BCUT2D eigenvalue weighted by Gasteiger charge is -2.17. The minimum Gasteiger partial charge on any atom is -0.495 e. The van der Waals surface area contributed by atoms with E-state index >= 15 is 0 Å². The van der Waals surface area contributed by atoms with Crippen LogP contribution >= 0.6 is 11.8 Å². The molecule has 2 fully saturated rings. The summed E-state index contributed by atoms with van der Waals surface area (Å²) in [4.78, 5) is 40.8. The number of hydrogen-bond donors (Lipinski definition) is 1. The zero-order valence-electron chi connectivity index (χ0n) is 18.7. The summed E-state index contributed by atoms with van der Waals surface area (Å²) in [5, 5.41) is 1.66. The van der Waals surface area contributed by atoms with E-state index in [-0.39, 0.29) is 16.3 Å². The van der Waals surface area contributed by atoms with E-state index in [9.17, 15) is 27.6 Å². The maximum atomic E-state index is 13.0. The van der Waals surface area contributed by atoms with Crippen LogP contribution in [0.2, 0.25) is 0 Å². The van der Waals surface area contributed by atoms with Crippen LogP contribution < -0.4 is 15.0 Å². The Balaban J connectivity index is 1.44. The van der Waals surface area contributed by atoms with Crippen molar-refractivity contribution >= 4 is 46.3 Å². The van der Waals surface area contributed by atoms with Gasteiger partial charge < -0.3 is 15.0 Å². The van der Waals surface area contributed by atoms with E-state index < -0.39 is 35.3 Å². The maximum absolute atomic E-state index is 13.0. The zero-order valence-corrected chi connectivity index (χ0v) is 19.5. The Labute approximate surface area is 203 Å². The van der Waals surface area contributed by atoms with Crippen molar-refractivity contribution in [2.24, 2.45) is 0 Å². The first-order valence-electron chi connectivity index (χ1n) is 10.8. The predicted octanol–water partition coefficient (Wildman–Crippen LogP) is 4.99. The summed E-state index contributed by atoms with van der Waals surface area (Å²) in [6.07, 6.45) is -0.728. The highest BCUT2D eigenvalue weighted by atomic mass is 32.2. The van der Waals surface area contributed by atoms with E-state index in [1.54, 1.807) is 6.08 Å². The molecule has 2 aromatic rings. The van der Waals surface area contributed by atoms with Crippen LogP contribution in [0.5, 0.6) is 5.75 Å². The lowest BCUT2D eigenvalue weighted by atomic mass is 10.1. The van der Waals surface area contributed by atoms with Crippen molar-refractivity contribution in [2.45, 2.75) is 19.0 Å². The topological polar surface area (TPSA) is 79.0 Å². The van der Waals surface area contributed by atoms with E-state index in [0.717, 1.165) is 60.3 Å². The number of halogens is 3. The molecule has 11 heteroatoms. The minimum absolute atomic E-state index is 0.0118. The van der Waals surface area contributed by atoms with Crippen molar-refractivity contribution < 1.29 is 32.3 Å². The van der Waals surface area contributed by atoms with Crippen LogP contribution in [0, 0.1) is 0 Å². The molecular weight excluding hydrogens is 483 g/mol. The van der Waals surface area contributed by atoms with Gasteiger partial charge in [-0.2, -0.15) is 13.2 Å². The highest BCUT2D eigenvalue weighted by molar-refractivity contribution is 8.18. The van der Waals surface area contributed by atoms with Gasteiger partial charge in [-0.1, -0.05) is 12.1 Å². The van der Waals surface area contributed by atoms with E-state index in [1.807, 2.05) is 24.3 Å². The average molecular weight is 506 g/mol. The Morgan fingerprint density at radius 1 is 1.11 bits per heavy atom. The second-order valence-electron chi connectivity index (χ2n) is 8.01. The summed E-state index contributed by atoms with van der Waals surface area (Å²) in [5.74, 6) is -1.46. The van der Waals surface area contributed by atoms with E-state index in [1.165, 1.54) is 7.11 Å². The summed E-state index contributed by atoms with van der Waals surface area (Å²) in [6, 6.07) is 10.3. The number of nitrogens with one attached hydrogen (secondary N) is 1. The second kappa shape index (κ2) is 10.0. The third-order valence-electron chi connectivity index (χ3n) is 5.64. The number of carbonyl (C=O) groups is 3. The van der Waals surface area contributed by atoms with Gasteiger partial charge in [0.2, 0.25) is 5.91 Å². The Morgan fingerprint density at radius 3 is 2.43 bits per heavy atom. The number of imide groups is 1. The van der Waals surface area contributed by atoms with Crippen molar-refractivity contribution in [3.8, 4) is 5.75 Å². The normalized spacial score (nSPS) is 17.4. The summed E-state index contributed by atoms with van der Waals surface area (Å²) >= 11 is 0.703. The number of carbonyl (C=O) groups excluding carboxylic acids is 3. The molecule has 0 saturated carbocycles. The molecule has 3 amide bonds. The third-order valence-corrected chi connectivity index (χ3v) is 6.55. The van der Waals surface area contributed by atoms with Crippen LogP contribution in [-0.2, 0) is 15.8 Å². The number of thioether (sulfide) groups is 1. The van der Waals surface area contributed by atoms with Gasteiger partial charge in [0.25, 0.3) is 11.1 Å². The number of methoxy groups -OCH3 is 1.